The van der Waals surface area contributed by atoms with Gasteiger partial charge in [0, 0.05) is 13.1 Å². The van der Waals surface area contributed by atoms with Gasteiger partial charge in [0.25, 0.3) is 16.6 Å². The van der Waals surface area contributed by atoms with Crippen LogP contribution in [-0.2, 0) is 8.85 Å². The third-order valence-corrected chi connectivity index (χ3v) is 20.4. The first-order chi connectivity index (χ1) is 27.7. The van der Waals surface area contributed by atoms with Crippen LogP contribution in [0.3, 0.4) is 0 Å². The Balaban J connectivity index is 0.000000221. The van der Waals surface area contributed by atoms with Gasteiger partial charge in [-0.2, -0.15) is 0 Å². The number of nitrogen functional groups attached to an aromatic ring is 2. The normalized spacial score (nSPS) is 12.0. The summed E-state index contributed by atoms with van der Waals surface area (Å²) in [6.45, 7) is 15.5. The van der Waals surface area contributed by atoms with E-state index in [2.05, 4.69) is 149 Å². The van der Waals surface area contributed by atoms with Crippen LogP contribution in [0.25, 0.3) is 0 Å². The molecule has 0 aromatic heterocycles. The third-order valence-electron chi connectivity index (χ3n) is 10.3. The minimum Gasteiger partial charge on any atom is -0.406 e. The molecular formula is C48H58F2N4O2Si2. The maximum absolute atomic E-state index is 13.5. The molecule has 6 aromatic rings. The topological polar surface area (TPSA) is 94.6 Å². The van der Waals surface area contributed by atoms with E-state index in [0.717, 1.165) is 0 Å². The third kappa shape index (κ3) is 10.2. The van der Waals surface area contributed by atoms with Crippen molar-refractivity contribution in [2.24, 2.45) is 0 Å². The lowest BCUT2D eigenvalue weighted by Crippen LogP contribution is -2.66. The molecule has 0 saturated heterocycles. The first-order valence-corrected chi connectivity index (χ1v) is 23.6. The van der Waals surface area contributed by atoms with Crippen molar-refractivity contribution in [3.05, 3.63) is 169 Å². The predicted octanol–water partition coefficient (Wildman–Crippen LogP) is 8.79. The lowest BCUT2D eigenvalue weighted by molar-refractivity contribution is 0.312. The maximum atomic E-state index is 13.5. The number of halogens is 2. The summed E-state index contributed by atoms with van der Waals surface area (Å²) >= 11 is 0. The molecule has 304 valence electrons. The van der Waals surface area contributed by atoms with E-state index in [1.807, 2.05) is 24.3 Å². The van der Waals surface area contributed by atoms with Crippen molar-refractivity contribution in [1.82, 2.24) is 0 Å². The van der Waals surface area contributed by atoms with Crippen LogP contribution in [0, 0.1) is 11.6 Å². The van der Waals surface area contributed by atoms with Gasteiger partial charge in [-0.3, -0.25) is 0 Å². The monoisotopic (exact) mass is 816 g/mol. The SMILES string of the molecule is CC(C)(C)[Si](OCCNc1cc(F)ccc1N)(c1ccccc1)c1ccccc1.CC(C)(C)[Si](OCCNc1cc(F)ccc1N)(c1ccccc1)c1ccccc1. The molecule has 0 aliphatic carbocycles. The second-order valence-corrected chi connectivity index (χ2v) is 25.0. The molecule has 6 rings (SSSR count). The number of anilines is 4. The Labute approximate surface area is 345 Å². The highest BCUT2D eigenvalue weighted by Crippen LogP contribution is 2.38. The zero-order chi connectivity index (χ0) is 41.8. The number of benzene rings is 6. The average Bonchev–Trinajstić information content (AvgIpc) is 3.21. The fourth-order valence-corrected chi connectivity index (χ4v) is 16.8. The van der Waals surface area contributed by atoms with Gasteiger partial charge in [0.2, 0.25) is 0 Å². The summed E-state index contributed by atoms with van der Waals surface area (Å²) < 4.78 is 40.6. The number of rotatable bonds is 14. The first kappa shape index (κ1) is 43.8. The molecule has 0 unspecified atom stereocenters. The molecule has 0 spiro atoms. The van der Waals surface area contributed by atoms with Gasteiger partial charge in [-0.15, -0.1) is 0 Å². The van der Waals surface area contributed by atoms with Crippen molar-refractivity contribution in [3.8, 4) is 0 Å². The zero-order valence-corrected chi connectivity index (χ0v) is 36.6. The van der Waals surface area contributed by atoms with Gasteiger partial charge in [-0.05, 0) is 67.2 Å². The molecule has 0 aliphatic heterocycles. The van der Waals surface area contributed by atoms with E-state index in [-0.39, 0.29) is 21.7 Å². The van der Waals surface area contributed by atoms with Crippen molar-refractivity contribution in [3.63, 3.8) is 0 Å². The van der Waals surface area contributed by atoms with Crippen molar-refractivity contribution in [1.29, 1.82) is 0 Å². The van der Waals surface area contributed by atoms with Crippen LogP contribution >= 0.6 is 0 Å². The average molecular weight is 817 g/mol. The molecule has 0 atom stereocenters. The Morgan fingerprint density at radius 2 is 0.724 bits per heavy atom. The highest BCUT2D eigenvalue weighted by molar-refractivity contribution is 7.00. The van der Waals surface area contributed by atoms with E-state index in [0.29, 0.717) is 49.1 Å². The molecule has 6 aromatic carbocycles. The number of hydrogen-bond acceptors (Lipinski definition) is 6. The highest BCUT2D eigenvalue weighted by Gasteiger charge is 2.51. The fraction of sp³-hybridized carbons (Fsp3) is 0.250. The van der Waals surface area contributed by atoms with Crippen LogP contribution < -0.4 is 42.8 Å². The number of nitrogens with two attached hydrogens (primary N) is 2. The second-order valence-electron chi connectivity index (χ2n) is 16.3. The standard InChI is InChI=1S/2C24H29FN2OSi/c2*1-24(2,3)29(20-10-6-4-7-11-20,21-12-8-5-9-13-21)28-17-16-27-23-18-19(25)14-15-22(23)26/h2*4-15,18,27H,16-17,26H2,1-3H3. The van der Waals surface area contributed by atoms with E-state index in [4.69, 9.17) is 20.3 Å². The molecule has 0 radical (unpaired) electrons. The Hall–Kier alpha value is -5.27. The molecule has 0 amide bonds. The van der Waals surface area contributed by atoms with Gasteiger partial charge in [0.05, 0.1) is 36.0 Å². The second kappa shape index (κ2) is 19.5. The van der Waals surface area contributed by atoms with E-state index in [9.17, 15) is 8.78 Å². The van der Waals surface area contributed by atoms with Gasteiger partial charge in [-0.25, -0.2) is 8.78 Å². The Bertz CT molecular complexity index is 1930. The molecule has 6 N–H and O–H groups in total. The van der Waals surface area contributed by atoms with Crippen LogP contribution in [0.2, 0.25) is 10.1 Å². The molecule has 0 fully saturated rings. The number of hydrogen-bond donors (Lipinski definition) is 4. The maximum Gasteiger partial charge on any atom is 0.261 e. The number of nitrogens with one attached hydrogen (secondary N) is 2. The molecule has 6 nitrogen and oxygen atoms in total. The lowest BCUT2D eigenvalue weighted by atomic mass is 10.2. The van der Waals surface area contributed by atoms with Gasteiger partial charge in [0.1, 0.15) is 11.6 Å². The largest absolute Gasteiger partial charge is 0.406 e. The van der Waals surface area contributed by atoms with Crippen LogP contribution in [0.4, 0.5) is 31.5 Å². The first-order valence-electron chi connectivity index (χ1n) is 19.8. The fourth-order valence-electron chi connectivity index (χ4n) is 7.67. The zero-order valence-electron chi connectivity index (χ0n) is 34.6. The van der Waals surface area contributed by atoms with Crippen molar-refractivity contribution >= 4 is 60.1 Å². The van der Waals surface area contributed by atoms with Crippen LogP contribution in [0.15, 0.2) is 158 Å². The molecule has 0 aliphatic rings. The van der Waals surface area contributed by atoms with E-state index < -0.39 is 16.6 Å². The molecule has 0 heterocycles. The van der Waals surface area contributed by atoms with E-state index >= 15 is 0 Å². The minimum absolute atomic E-state index is 0.0758. The summed E-state index contributed by atoms with van der Waals surface area (Å²) in [5, 5.41) is 11.2. The van der Waals surface area contributed by atoms with Crippen molar-refractivity contribution < 1.29 is 17.6 Å². The summed E-state index contributed by atoms with van der Waals surface area (Å²) in [6, 6.07) is 50.7. The van der Waals surface area contributed by atoms with Crippen molar-refractivity contribution in [2.75, 3.05) is 48.4 Å². The Kier molecular flexibility index (Phi) is 14.7. The van der Waals surface area contributed by atoms with Crippen molar-refractivity contribution in [2.45, 2.75) is 51.6 Å². The minimum atomic E-state index is -2.56. The van der Waals surface area contributed by atoms with Crippen LogP contribution in [-0.4, -0.2) is 42.9 Å². The van der Waals surface area contributed by atoms with Gasteiger partial charge < -0.3 is 31.0 Å². The van der Waals surface area contributed by atoms with Gasteiger partial charge >= 0.3 is 0 Å². The Morgan fingerprint density at radius 3 is 0.983 bits per heavy atom. The molecular weight excluding hydrogens is 759 g/mol. The molecule has 0 bridgehead atoms. The molecule has 10 heteroatoms. The smallest absolute Gasteiger partial charge is 0.261 e. The highest BCUT2D eigenvalue weighted by atomic mass is 28.4. The summed E-state index contributed by atoms with van der Waals surface area (Å²) in [6.07, 6.45) is 0. The summed E-state index contributed by atoms with van der Waals surface area (Å²) in [5.74, 6) is -0.621. The van der Waals surface area contributed by atoms with Crippen LogP contribution in [0.1, 0.15) is 41.5 Å². The lowest BCUT2D eigenvalue weighted by Gasteiger charge is -2.43. The molecule has 0 saturated carbocycles. The van der Waals surface area contributed by atoms with Gasteiger partial charge in [-0.1, -0.05) is 163 Å². The summed E-state index contributed by atoms with van der Waals surface area (Å²) in [5.41, 5.74) is 14.1. The Morgan fingerprint density at radius 1 is 0.448 bits per heavy atom. The van der Waals surface area contributed by atoms with E-state index in [1.165, 1.54) is 45.0 Å². The quantitative estimate of drug-likeness (QED) is 0.0499. The summed E-state index contributed by atoms with van der Waals surface area (Å²) in [4.78, 5) is 0. The predicted molar refractivity (Wildman–Crippen MR) is 246 cm³/mol. The molecule has 58 heavy (non-hydrogen) atoms. The van der Waals surface area contributed by atoms with E-state index in [1.54, 1.807) is 12.1 Å². The van der Waals surface area contributed by atoms with Gasteiger partial charge in [0.15, 0.2) is 0 Å². The summed E-state index contributed by atoms with van der Waals surface area (Å²) in [7, 11) is -5.11. The van der Waals surface area contributed by atoms with Crippen LogP contribution in [0.5, 0.6) is 0 Å².